The van der Waals surface area contributed by atoms with Crippen molar-refractivity contribution < 1.29 is 9.53 Å². The van der Waals surface area contributed by atoms with E-state index in [9.17, 15) is 9.59 Å². The number of benzene rings is 1. The number of hydrogen-bond donors (Lipinski definition) is 0. The van der Waals surface area contributed by atoms with Gasteiger partial charge in [0.15, 0.2) is 0 Å². The highest BCUT2D eigenvalue weighted by Crippen LogP contribution is 2.28. The van der Waals surface area contributed by atoms with Crippen molar-refractivity contribution in [3.8, 4) is 0 Å². The second-order valence-corrected chi connectivity index (χ2v) is 9.71. The van der Waals surface area contributed by atoms with Crippen molar-refractivity contribution in [1.82, 2.24) is 23.9 Å². The Hall–Kier alpha value is -2.97. The Labute approximate surface area is 233 Å². The van der Waals surface area contributed by atoms with Crippen LogP contribution in [0.4, 0.5) is 0 Å². The Kier molecular flexibility index (Phi) is 12.2. The van der Waals surface area contributed by atoms with E-state index in [1.807, 2.05) is 84.3 Å². The maximum Gasteiger partial charge on any atom is 0.329 e. The number of carbonyl (C=O) groups excluding carboxylic acids is 1. The van der Waals surface area contributed by atoms with Crippen molar-refractivity contribution >= 4 is 16.9 Å². The summed E-state index contributed by atoms with van der Waals surface area (Å²) in [6, 6.07) is 14.1. The number of carbonyl (C=O) groups is 1. The largest absolute Gasteiger partial charge is 0.383 e. The summed E-state index contributed by atoms with van der Waals surface area (Å²) in [6.45, 7) is 13.2. The Morgan fingerprint density at radius 2 is 1.54 bits per heavy atom. The summed E-state index contributed by atoms with van der Waals surface area (Å²) in [5.74, 6) is 0.390. The number of amides is 1. The molecule has 2 aromatic heterocycles. The molecule has 1 aromatic carbocycles. The molecule has 0 radical (unpaired) electrons. The molecule has 0 N–H and O–H groups in total. The smallest absolute Gasteiger partial charge is 0.329 e. The molecule has 1 amide bonds. The lowest BCUT2D eigenvalue weighted by atomic mass is 9.93. The molecule has 2 aliphatic rings. The van der Waals surface area contributed by atoms with Crippen molar-refractivity contribution in [3.05, 3.63) is 64.8 Å². The highest BCUT2D eigenvalue weighted by molar-refractivity contribution is 5.79. The summed E-state index contributed by atoms with van der Waals surface area (Å²) in [5, 5.41) is 0. The van der Waals surface area contributed by atoms with Crippen LogP contribution < -0.4 is 5.69 Å². The van der Waals surface area contributed by atoms with Crippen molar-refractivity contribution in [2.75, 3.05) is 39.9 Å². The van der Waals surface area contributed by atoms with E-state index in [-0.39, 0.29) is 23.6 Å². The van der Waals surface area contributed by atoms with E-state index in [2.05, 4.69) is 16.0 Å². The quantitative estimate of drug-likeness (QED) is 0.425. The molecule has 0 unspecified atom stereocenters. The number of imidazole rings is 1. The second kappa shape index (κ2) is 15.6. The molecule has 4 heterocycles. The first-order valence-electron chi connectivity index (χ1n) is 14.8. The van der Waals surface area contributed by atoms with E-state index in [0.717, 1.165) is 62.0 Å². The van der Waals surface area contributed by atoms with E-state index in [1.54, 1.807) is 7.11 Å². The molecule has 0 aliphatic carbocycles. The van der Waals surface area contributed by atoms with Crippen molar-refractivity contribution in [2.45, 2.75) is 72.5 Å². The molecular formula is C31H47N5O3. The molecule has 0 bridgehead atoms. The summed E-state index contributed by atoms with van der Waals surface area (Å²) in [4.78, 5) is 35.4. The third-order valence-corrected chi connectivity index (χ3v) is 7.58. The minimum Gasteiger partial charge on any atom is -0.383 e. The van der Waals surface area contributed by atoms with E-state index < -0.39 is 0 Å². The molecule has 39 heavy (non-hydrogen) atoms. The van der Waals surface area contributed by atoms with Gasteiger partial charge in [-0.15, -0.1) is 0 Å². The normalized spacial score (nSPS) is 16.8. The van der Waals surface area contributed by atoms with Crippen LogP contribution in [0.15, 0.2) is 53.5 Å². The van der Waals surface area contributed by atoms with Gasteiger partial charge in [0, 0.05) is 44.9 Å². The fourth-order valence-electron chi connectivity index (χ4n) is 5.65. The summed E-state index contributed by atoms with van der Waals surface area (Å²) in [6.07, 6.45) is 5.25. The number of piperidine rings is 2. The number of hydrogen-bond acceptors (Lipinski definition) is 5. The molecule has 0 spiro atoms. The number of methoxy groups -OCH3 is 1. The number of pyridine rings is 1. The molecule has 0 saturated carbocycles. The Morgan fingerprint density at radius 3 is 2.15 bits per heavy atom. The fourth-order valence-corrected chi connectivity index (χ4v) is 5.65. The molecule has 3 aromatic rings. The van der Waals surface area contributed by atoms with Gasteiger partial charge in [-0.05, 0) is 63.0 Å². The molecule has 2 fully saturated rings. The van der Waals surface area contributed by atoms with Gasteiger partial charge in [0.2, 0.25) is 5.91 Å². The lowest BCUT2D eigenvalue weighted by Gasteiger charge is -2.37. The van der Waals surface area contributed by atoms with Crippen molar-refractivity contribution in [2.24, 2.45) is 5.92 Å². The van der Waals surface area contributed by atoms with Crippen molar-refractivity contribution in [1.29, 1.82) is 0 Å². The molecule has 8 heteroatoms. The van der Waals surface area contributed by atoms with E-state index in [4.69, 9.17) is 4.74 Å². The Morgan fingerprint density at radius 1 is 0.897 bits per heavy atom. The lowest BCUT2D eigenvalue weighted by Crippen LogP contribution is -2.46. The zero-order valence-electron chi connectivity index (χ0n) is 24.5. The number of likely N-dealkylation sites (tertiary alicyclic amines) is 2. The van der Waals surface area contributed by atoms with Gasteiger partial charge >= 0.3 is 5.69 Å². The van der Waals surface area contributed by atoms with Gasteiger partial charge in [0.25, 0.3) is 0 Å². The number of para-hydroxylation sites is 2. The Balaban J connectivity index is 0.00000100. The number of fused-ring (bicyclic) bond motifs is 1. The van der Waals surface area contributed by atoms with Gasteiger partial charge in [0.1, 0.15) is 0 Å². The zero-order chi connectivity index (χ0) is 28.2. The van der Waals surface area contributed by atoms with E-state index in [1.165, 1.54) is 0 Å². The summed E-state index contributed by atoms with van der Waals surface area (Å²) >= 11 is 0. The number of rotatable bonds is 7. The zero-order valence-corrected chi connectivity index (χ0v) is 24.5. The molecule has 2 aliphatic heterocycles. The van der Waals surface area contributed by atoms with Crippen LogP contribution in [0, 0.1) is 5.92 Å². The maximum absolute atomic E-state index is 13.3. The highest BCUT2D eigenvalue weighted by atomic mass is 16.5. The SMILES string of the molecule is CC.CC.COCCn1c(=O)n(C2CCN(C(=O)C3CCN(Cc4ccccn4)CC3)CC2)c2ccccc21. The topological polar surface area (TPSA) is 72.6 Å². The van der Waals surface area contributed by atoms with Crippen LogP contribution in [-0.2, 0) is 22.6 Å². The third-order valence-electron chi connectivity index (χ3n) is 7.58. The standard InChI is InChI=1S/C27H35N5O3.2C2H6/c1-35-19-18-31-24-7-2-3-8-25(24)32(27(31)34)23-11-16-30(17-12-23)26(33)21-9-14-29(15-10-21)20-22-6-4-5-13-28-22;2*1-2/h2-8,13,21,23H,9-12,14-20H2,1H3;2*1-2H3. The van der Waals surface area contributed by atoms with Crippen LogP contribution in [0.25, 0.3) is 11.0 Å². The van der Waals surface area contributed by atoms with Crippen LogP contribution in [0.1, 0.15) is 65.1 Å². The Bertz CT molecular complexity index is 1190. The van der Waals surface area contributed by atoms with Crippen LogP contribution in [0.2, 0.25) is 0 Å². The van der Waals surface area contributed by atoms with Crippen LogP contribution >= 0.6 is 0 Å². The van der Waals surface area contributed by atoms with Gasteiger partial charge < -0.3 is 9.64 Å². The van der Waals surface area contributed by atoms with E-state index in [0.29, 0.717) is 26.2 Å². The first-order valence-corrected chi connectivity index (χ1v) is 14.8. The maximum atomic E-state index is 13.3. The van der Waals surface area contributed by atoms with Crippen LogP contribution in [0.5, 0.6) is 0 Å². The van der Waals surface area contributed by atoms with Gasteiger partial charge in [-0.1, -0.05) is 45.9 Å². The monoisotopic (exact) mass is 537 g/mol. The average molecular weight is 538 g/mol. The summed E-state index contributed by atoms with van der Waals surface area (Å²) < 4.78 is 8.98. The fraction of sp³-hybridized carbons (Fsp3) is 0.581. The van der Waals surface area contributed by atoms with Gasteiger partial charge in [-0.25, -0.2) is 4.79 Å². The molecule has 214 valence electrons. The predicted octanol–water partition coefficient (Wildman–Crippen LogP) is 4.97. The number of ether oxygens (including phenoxy) is 1. The first-order chi connectivity index (χ1) is 19.2. The van der Waals surface area contributed by atoms with Gasteiger partial charge in [0.05, 0.1) is 29.9 Å². The highest BCUT2D eigenvalue weighted by Gasteiger charge is 2.32. The van der Waals surface area contributed by atoms with Crippen LogP contribution in [0.3, 0.4) is 0 Å². The lowest BCUT2D eigenvalue weighted by molar-refractivity contribution is -0.138. The first kappa shape index (κ1) is 30.6. The average Bonchev–Trinajstić information content (AvgIpc) is 3.29. The number of aromatic nitrogens is 3. The van der Waals surface area contributed by atoms with Crippen LogP contribution in [-0.4, -0.2) is 69.7 Å². The molecular weight excluding hydrogens is 490 g/mol. The minimum atomic E-state index is 0.0216. The molecule has 2 saturated heterocycles. The molecule has 5 rings (SSSR count). The van der Waals surface area contributed by atoms with E-state index >= 15 is 0 Å². The predicted molar refractivity (Wildman–Crippen MR) is 158 cm³/mol. The second-order valence-electron chi connectivity index (χ2n) is 9.71. The van der Waals surface area contributed by atoms with Crippen molar-refractivity contribution in [3.63, 3.8) is 0 Å². The molecule has 8 nitrogen and oxygen atoms in total. The summed E-state index contributed by atoms with van der Waals surface area (Å²) in [5.41, 5.74) is 3.02. The summed E-state index contributed by atoms with van der Waals surface area (Å²) in [7, 11) is 1.65. The third kappa shape index (κ3) is 7.37. The number of nitrogens with zero attached hydrogens (tertiary/aromatic N) is 5. The minimum absolute atomic E-state index is 0.0216. The van der Waals surface area contributed by atoms with Gasteiger partial charge in [-0.2, -0.15) is 0 Å². The molecule has 0 atom stereocenters. The van der Waals surface area contributed by atoms with Gasteiger partial charge in [-0.3, -0.25) is 23.8 Å².